The van der Waals surface area contributed by atoms with E-state index in [1.807, 2.05) is 18.3 Å². The third-order valence-electron chi connectivity index (χ3n) is 7.12. The van der Waals surface area contributed by atoms with Gasteiger partial charge in [-0.3, -0.25) is 9.48 Å². The lowest BCUT2D eigenvalue weighted by Gasteiger charge is -2.38. The third kappa shape index (κ3) is 4.51. The smallest absolute Gasteiger partial charge is 0.257 e. The van der Waals surface area contributed by atoms with Crippen molar-refractivity contribution in [3.63, 3.8) is 0 Å². The number of halogens is 1. The van der Waals surface area contributed by atoms with Gasteiger partial charge >= 0.3 is 0 Å². The summed E-state index contributed by atoms with van der Waals surface area (Å²) in [5.74, 6) is -0.0543. The Bertz CT molecular complexity index is 1490. The molecule has 4 heterocycles. The number of benzene rings is 2. The minimum absolute atomic E-state index is 0.102. The van der Waals surface area contributed by atoms with Gasteiger partial charge in [0, 0.05) is 79.3 Å². The number of hydrogen-bond donors (Lipinski definition) is 2. The predicted octanol–water partition coefficient (Wildman–Crippen LogP) is 3.60. The van der Waals surface area contributed by atoms with Gasteiger partial charge in [-0.2, -0.15) is 5.10 Å². The summed E-state index contributed by atoms with van der Waals surface area (Å²) in [6.07, 6.45) is 4.40. The number of carbonyl (C=O) groups excluding carboxylic acids is 1. The monoisotopic (exact) mass is 503 g/mol. The van der Waals surface area contributed by atoms with E-state index in [1.165, 1.54) is 6.07 Å². The van der Waals surface area contributed by atoms with Crippen molar-refractivity contribution < 1.29 is 13.9 Å². The molecule has 0 unspecified atom stereocenters. The second kappa shape index (κ2) is 9.35. The Hall–Kier alpha value is -3.63. The second-order valence-electron chi connectivity index (χ2n) is 10.2. The fourth-order valence-electron chi connectivity index (χ4n) is 5.52. The number of rotatable bonds is 4. The summed E-state index contributed by atoms with van der Waals surface area (Å²) in [5, 5.41) is 12.0. The Labute approximate surface area is 214 Å². The number of carbonyl (C=O) groups is 1. The normalized spacial score (nSPS) is 22.2. The largest absolute Gasteiger partial charge is 0.381 e. The Morgan fingerprint density at radius 2 is 2.00 bits per heavy atom. The van der Waals surface area contributed by atoms with E-state index in [9.17, 15) is 9.18 Å². The molecular weight excluding hydrogens is 473 g/mol. The molecular formula is C27H30FN7O2. The molecule has 1 amide bonds. The number of piperazine rings is 1. The lowest BCUT2D eigenvalue weighted by Crippen LogP contribution is -2.54. The van der Waals surface area contributed by atoms with E-state index in [0.29, 0.717) is 53.3 Å². The van der Waals surface area contributed by atoms with Crippen LogP contribution in [0.2, 0.25) is 0 Å². The molecule has 2 aliphatic heterocycles. The van der Waals surface area contributed by atoms with E-state index in [0.717, 1.165) is 30.6 Å². The van der Waals surface area contributed by atoms with E-state index >= 15 is 0 Å². The molecule has 2 saturated heterocycles. The van der Waals surface area contributed by atoms with Crippen LogP contribution in [0, 0.1) is 5.82 Å². The van der Waals surface area contributed by atoms with E-state index in [4.69, 9.17) is 14.7 Å². The van der Waals surface area contributed by atoms with Gasteiger partial charge in [0.1, 0.15) is 11.3 Å². The average Bonchev–Trinajstić information content (AvgIpc) is 3.52. The van der Waals surface area contributed by atoms with Crippen molar-refractivity contribution in [3.8, 4) is 0 Å². The first-order chi connectivity index (χ1) is 17.9. The van der Waals surface area contributed by atoms with Crippen LogP contribution >= 0.6 is 0 Å². The molecule has 2 aromatic heterocycles. The average molecular weight is 504 g/mol. The second-order valence-corrected chi connectivity index (χ2v) is 10.2. The number of amides is 1. The van der Waals surface area contributed by atoms with Gasteiger partial charge in [-0.1, -0.05) is 0 Å². The van der Waals surface area contributed by atoms with E-state index < -0.39 is 5.82 Å². The molecule has 2 N–H and O–H groups in total. The van der Waals surface area contributed by atoms with Gasteiger partial charge in [-0.15, -0.1) is 0 Å². The van der Waals surface area contributed by atoms with Gasteiger partial charge in [0.2, 0.25) is 0 Å². The summed E-state index contributed by atoms with van der Waals surface area (Å²) in [4.78, 5) is 25.5. The molecule has 4 aromatic rings. The zero-order chi connectivity index (χ0) is 25.7. The summed E-state index contributed by atoms with van der Waals surface area (Å²) >= 11 is 0. The van der Waals surface area contributed by atoms with Crippen molar-refractivity contribution >= 4 is 39.1 Å². The number of fused-ring (bicyclic) bond motifs is 2. The van der Waals surface area contributed by atoms with Gasteiger partial charge in [-0.05, 0) is 44.5 Å². The number of aromatic nitrogens is 4. The van der Waals surface area contributed by atoms with Crippen molar-refractivity contribution in [2.24, 2.45) is 7.05 Å². The van der Waals surface area contributed by atoms with Crippen LogP contribution < -0.4 is 15.5 Å². The molecule has 192 valence electrons. The van der Waals surface area contributed by atoms with Crippen LogP contribution in [0.3, 0.4) is 0 Å². The van der Waals surface area contributed by atoms with Crippen molar-refractivity contribution in [3.05, 3.63) is 53.9 Å². The molecule has 0 aliphatic carbocycles. The molecule has 9 nitrogen and oxygen atoms in total. The van der Waals surface area contributed by atoms with Gasteiger partial charge in [-0.25, -0.2) is 14.4 Å². The van der Waals surface area contributed by atoms with Crippen molar-refractivity contribution in [2.45, 2.75) is 38.3 Å². The van der Waals surface area contributed by atoms with Crippen molar-refractivity contribution in [2.75, 3.05) is 36.5 Å². The van der Waals surface area contributed by atoms with Crippen molar-refractivity contribution in [1.82, 2.24) is 25.1 Å². The summed E-state index contributed by atoms with van der Waals surface area (Å²) in [5.41, 5.74) is 2.65. The van der Waals surface area contributed by atoms with Crippen LogP contribution in [0.1, 0.15) is 42.4 Å². The lowest BCUT2D eigenvalue weighted by atomic mass is 10.0. The Morgan fingerprint density at radius 1 is 1.19 bits per heavy atom. The van der Waals surface area contributed by atoms with Gasteiger partial charge < -0.3 is 20.3 Å². The van der Waals surface area contributed by atoms with Crippen LogP contribution in [0.5, 0.6) is 0 Å². The molecule has 6 rings (SSSR count). The minimum Gasteiger partial charge on any atom is -0.381 e. The van der Waals surface area contributed by atoms with Gasteiger partial charge in [0.15, 0.2) is 5.82 Å². The molecule has 2 aliphatic rings. The Balaban J connectivity index is 1.41. The van der Waals surface area contributed by atoms with Crippen LogP contribution in [0.25, 0.3) is 21.8 Å². The molecule has 2 aromatic carbocycles. The summed E-state index contributed by atoms with van der Waals surface area (Å²) < 4.78 is 21.7. The molecule has 0 radical (unpaired) electrons. The van der Waals surface area contributed by atoms with E-state index in [1.54, 1.807) is 24.0 Å². The van der Waals surface area contributed by atoms with Crippen LogP contribution in [-0.2, 0) is 11.8 Å². The molecule has 0 saturated carbocycles. The standard InChI is InChI=1S/C27H30FN7O2/c1-15-11-35(12-16(2)30-15)23-5-4-20(25-21(23)10-29-26(32-25)17-6-7-37-14-17)27(36)31-19-8-18-13-34(3)33-24(18)22(28)9-19/h4-5,8-10,13,15-17,30H,6-7,11-12,14H2,1-3H3,(H,31,36)/t15-,16-,17+/m0/s1. The SMILES string of the molecule is C[C@H]1CN(c2ccc(C(=O)Nc3cc(F)c4nn(C)cc4c3)c3nc([C@@H]4CCOC4)ncc23)C[C@H](C)N1. The first-order valence-corrected chi connectivity index (χ1v) is 12.7. The molecule has 0 bridgehead atoms. The molecule has 10 heteroatoms. The Kier molecular flexibility index (Phi) is 6.00. The number of ether oxygens (including phenoxy) is 1. The molecule has 37 heavy (non-hydrogen) atoms. The number of nitrogens with zero attached hydrogens (tertiary/aromatic N) is 5. The zero-order valence-electron chi connectivity index (χ0n) is 21.2. The number of hydrogen-bond acceptors (Lipinski definition) is 7. The Morgan fingerprint density at radius 3 is 2.76 bits per heavy atom. The predicted molar refractivity (Wildman–Crippen MR) is 141 cm³/mol. The molecule has 0 spiro atoms. The van der Waals surface area contributed by atoms with Crippen LogP contribution in [0.4, 0.5) is 15.8 Å². The highest BCUT2D eigenvalue weighted by Gasteiger charge is 2.26. The number of nitrogens with one attached hydrogen (secondary N) is 2. The summed E-state index contributed by atoms with van der Waals surface area (Å²) in [6.45, 7) is 7.27. The quantitative estimate of drug-likeness (QED) is 0.439. The first-order valence-electron chi connectivity index (χ1n) is 12.7. The first kappa shape index (κ1) is 23.7. The number of aryl methyl sites for hydroxylation is 1. The van der Waals surface area contributed by atoms with E-state index in [2.05, 4.69) is 34.5 Å². The third-order valence-corrected chi connectivity index (χ3v) is 7.12. The molecule has 3 atom stereocenters. The maximum absolute atomic E-state index is 14.6. The maximum atomic E-state index is 14.6. The van der Waals surface area contributed by atoms with E-state index in [-0.39, 0.29) is 17.3 Å². The fourth-order valence-corrected chi connectivity index (χ4v) is 5.52. The highest BCUT2D eigenvalue weighted by atomic mass is 19.1. The topological polar surface area (TPSA) is 97.2 Å². The number of anilines is 2. The minimum atomic E-state index is -0.485. The van der Waals surface area contributed by atoms with Crippen molar-refractivity contribution in [1.29, 1.82) is 0 Å². The zero-order valence-corrected chi connectivity index (χ0v) is 21.2. The fraction of sp³-hybridized carbons (Fsp3) is 0.407. The van der Waals surface area contributed by atoms with Crippen LogP contribution in [-0.4, -0.2) is 64.0 Å². The van der Waals surface area contributed by atoms with Crippen LogP contribution in [0.15, 0.2) is 36.7 Å². The summed E-state index contributed by atoms with van der Waals surface area (Å²) in [6, 6.07) is 7.45. The highest BCUT2D eigenvalue weighted by Crippen LogP contribution is 2.32. The lowest BCUT2D eigenvalue weighted by molar-refractivity contribution is 0.102. The molecule has 2 fully saturated rings. The highest BCUT2D eigenvalue weighted by molar-refractivity contribution is 6.14. The maximum Gasteiger partial charge on any atom is 0.257 e. The van der Waals surface area contributed by atoms with Gasteiger partial charge in [0.05, 0.1) is 17.7 Å². The van der Waals surface area contributed by atoms with Gasteiger partial charge in [0.25, 0.3) is 5.91 Å². The summed E-state index contributed by atoms with van der Waals surface area (Å²) in [7, 11) is 1.73.